The third kappa shape index (κ3) is 1.50. The Bertz CT molecular complexity index is 484. The zero-order chi connectivity index (χ0) is 10.8. The van der Waals surface area contributed by atoms with Crippen molar-refractivity contribution in [2.24, 2.45) is 0 Å². The lowest BCUT2D eigenvalue weighted by Gasteiger charge is -2.10. The summed E-state index contributed by atoms with van der Waals surface area (Å²) >= 11 is 0. The van der Waals surface area contributed by atoms with Crippen molar-refractivity contribution in [3.05, 3.63) is 30.1 Å². The molecule has 0 saturated heterocycles. The molecule has 0 saturated carbocycles. The monoisotopic (exact) mass is 203 g/mol. The second-order valence-electron chi connectivity index (χ2n) is 3.29. The van der Waals surface area contributed by atoms with Crippen LogP contribution in [-0.4, -0.2) is 19.2 Å². The van der Waals surface area contributed by atoms with Crippen LogP contribution in [0.25, 0.3) is 10.8 Å². The molecule has 0 aliphatic heterocycles. The van der Waals surface area contributed by atoms with Crippen LogP contribution < -0.4 is 9.47 Å². The molecule has 0 radical (unpaired) electrons. The van der Waals surface area contributed by atoms with Crippen LogP contribution in [0.15, 0.2) is 24.4 Å². The fraction of sp³-hybridized carbons (Fsp3) is 0.250. The molecule has 0 spiro atoms. The Hall–Kier alpha value is -1.77. The minimum atomic E-state index is 0.744. The molecule has 3 heteroatoms. The predicted octanol–water partition coefficient (Wildman–Crippen LogP) is 2.56. The summed E-state index contributed by atoms with van der Waals surface area (Å²) in [6.07, 6.45) is 1.72. The average Bonchev–Trinajstić information content (AvgIpc) is 2.29. The number of aromatic nitrogens is 1. The number of hydrogen-bond donors (Lipinski definition) is 0. The summed E-state index contributed by atoms with van der Waals surface area (Å²) in [5, 5.41) is 2.05. The summed E-state index contributed by atoms with van der Waals surface area (Å²) in [6.45, 7) is 1.97. The fourth-order valence-electron chi connectivity index (χ4n) is 1.70. The maximum atomic E-state index is 5.32. The lowest BCUT2D eigenvalue weighted by molar-refractivity contribution is 0.404. The molecule has 15 heavy (non-hydrogen) atoms. The number of pyridine rings is 1. The lowest BCUT2D eigenvalue weighted by Crippen LogP contribution is -1.93. The van der Waals surface area contributed by atoms with Crippen molar-refractivity contribution in [3.8, 4) is 11.5 Å². The Morgan fingerprint density at radius 3 is 2.47 bits per heavy atom. The maximum absolute atomic E-state index is 5.32. The second-order valence-corrected chi connectivity index (χ2v) is 3.29. The summed E-state index contributed by atoms with van der Waals surface area (Å²) in [7, 11) is 3.29. The standard InChI is InChI=1S/C12H13NO2/c1-8-9-5-4-6-10(14-2)12(9)11(15-3)7-13-8/h4-7H,1-3H3. The molecule has 0 aliphatic carbocycles. The van der Waals surface area contributed by atoms with Gasteiger partial charge >= 0.3 is 0 Å². The van der Waals surface area contributed by atoms with E-state index >= 15 is 0 Å². The van der Waals surface area contributed by atoms with Crippen molar-refractivity contribution in [3.63, 3.8) is 0 Å². The Balaban J connectivity index is 2.87. The number of hydrogen-bond acceptors (Lipinski definition) is 3. The van der Waals surface area contributed by atoms with Crippen LogP contribution in [-0.2, 0) is 0 Å². The zero-order valence-corrected chi connectivity index (χ0v) is 9.07. The van der Waals surface area contributed by atoms with Crippen LogP contribution in [0.5, 0.6) is 11.5 Å². The van der Waals surface area contributed by atoms with Crippen molar-refractivity contribution in [2.45, 2.75) is 6.92 Å². The molecule has 0 N–H and O–H groups in total. The number of fused-ring (bicyclic) bond motifs is 1. The predicted molar refractivity (Wildman–Crippen MR) is 59.6 cm³/mol. The van der Waals surface area contributed by atoms with Gasteiger partial charge in [-0.3, -0.25) is 4.98 Å². The summed E-state index contributed by atoms with van der Waals surface area (Å²) < 4.78 is 10.6. The molecular weight excluding hydrogens is 190 g/mol. The minimum Gasteiger partial charge on any atom is -0.496 e. The van der Waals surface area contributed by atoms with Gasteiger partial charge in [0.2, 0.25) is 0 Å². The summed E-state index contributed by atoms with van der Waals surface area (Å²) in [5.74, 6) is 1.56. The second kappa shape index (κ2) is 3.77. The van der Waals surface area contributed by atoms with E-state index in [-0.39, 0.29) is 0 Å². The molecule has 1 heterocycles. The van der Waals surface area contributed by atoms with Gasteiger partial charge in [0.25, 0.3) is 0 Å². The van der Waals surface area contributed by atoms with Crippen LogP contribution in [0.3, 0.4) is 0 Å². The van der Waals surface area contributed by atoms with Gasteiger partial charge in [-0.1, -0.05) is 12.1 Å². The SMILES string of the molecule is COc1cccc2c(C)ncc(OC)c12. The van der Waals surface area contributed by atoms with Crippen LogP contribution in [0, 0.1) is 6.92 Å². The van der Waals surface area contributed by atoms with Crippen LogP contribution >= 0.6 is 0 Å². The summed E-state index contributed by atoms with van der Waals surface area (Å²) in [5.41, 5.74) is 0.977. The normalized spacial score (nSPS) is 10.3. The molecule has 0 unspecified atom stereocenters. The van der Waals surface area contributed by atoms with E-state index in [4.69, 9.17) is 9.47 Å². The zero-order valence-electron chi connectivity index (χ0n) is 9.07. The Labute approximate surface area is 88.7 Å². The highest BCUT2D eigenvalue weighted by atomic mass is 16.5. The van der Waals surface area contributed by atoms with Crippen molar-refractivity contribution in [2.75, 3.05) is 14.2 Å². The van der Waals surface area contributed by atoms with E-state index in [1.165, 1.54) is 0 Å². The first kappa shape index (κ1) is 9.77. The van der Waals surface area contributed by atoms with Crippen LogP contribution in [0.4, 0.5) is 0 Å². The van der Waals surface area contributed by atoms with E-state index in [9.17, 15) is 0 Å². The van der Waals surface area contributed by atoms with E-state index in [1.807, 2.05) is 25.1 Å². The van der Waals surface area contributed by atoms with Gasteiger partial charge in [-0.2, -0.15) is 0 Å². The molecule has 78 valence electrons. The molecule has 0 amide bonds. The molecule has 0 atom stereocenters. The maximum Gasteiger partial charge on any atom is 0.148 e. The fourth-order valence-corrected chi connectivity index (χ4v) is 1.70. The summed E-state index contributed by atoms with van der Waals surface area (Å²) in [6, 6.07) is 5.89. The van der Waals surface area contributed by atoms with Gasteiger partial charge in [0.05, 0.1) is 25.8 Å². The molecule has 1 aromatic carbocycles. The van der Waals surface area contributed by atoms with Gasteiger partial charge in [-0.25, -0.2) is 0 Å². The number of methoxy groups -OCH3 is 2. The first-order chi connectivity index (χ1) is 7.27. The third-order valence-electron chi connectivity index (χ3n) is 2.48. The van der Waals surface area contributed by atoms with Crippen molar-refractivity contribution >= 4 is 10.8 Å². The first-order valence-electron chi connectivity index (χ1n) is 4.74. The molecule has 0 aliphatic rings. The van der Waals surface area contributed by atoms with Gasteiger partial charge in [0, 0.05) is 11.1 Å². The molecule has 2 aromatic rings. The van der Waals surface area contributed by atoms with Crippen LogP contribution in [0.2, 0.25) is 0 Å². The first-order valence-corrected chi connectivity index (χ1v) is 4.74. The molecule has 0 fully saturated rings. The van der Waals surface area contributed by atoms with Gasteiger partial charge < -0.3 is 9.47 Å². The average molecular weight is 203 g/mol. The van der Waals surface area contributed by atoms with Crippen molar-refractivity contribution in [1.82, 2.24) is 4.98 Å². The highest BCUT2D eigenvalue weighted by Gasteiger charge is 2.09. The minimum absolute atomic E-state index is 0.744. The van der Waals surface area contributed by atoms with E-state index in [1.54, 1.807) is 20.4 Å². The smallest absolute Gasteiger partial charge is 0.148 e. The molecule has 2 rings (SSSR count). The molecule has 3 nitrogen and oxygen atoms in total. The lowest BCUT2D eigenvalue weighted by atomic mass is 10.1. The van der Waals surface area contributed by atoms with E-state index in [0.717, 1.165) is 28.0 Å². The van der Waals surface area contributed by atoms with Gasteiger partial charge in [-0.05, 0) is 13.0 Å². The van der Waals surface area contributed by atoms with E-state index in [2.05, 4.69) is 4.98 Å². The topological polar surface area (TPSA) is 31.4 Å². The van der Waals surface area contributed by atoms with Crippen molar-refractivity contribution in [1.29, 1.82) is 0 Å². The summed E-state index contributed by atoms with van der Waals surface area (Å²) in [4.78, 5) is 4.27. The largest absolute Gasteiger partial charge is 0.496 e. The van der Waals surface area contributed by atoms with E-state index in [0.29, 0.717) is 0 Å². The highest BCUT2D eigenvalue weighted by molar-refractivity contribution is 5.94. The molecular formula is C12H13NO2. The van der Waals surface area contributed by atoms with Gasteiger partial charge in [0.15, 0.2) is 0 Å². The van der Waals surface area contributed by atoms with E-state index < -0.39 is 0 Å². The van der Waals surface area contributed by atoms with Gasteiger partial charge in [-0.15, -0.1) is 0 Å². The number of rotatable bonds is 2. The number of benzene rings is 1. The van der Waals surface area contributed by atoms with Gasteiger partial charge in [0.1, 0.15) is 11.5 Å². The molecule has 0 bridgehead atoms. The quantitative estimate of drug-likeness (QED) is 0.751. The van der Waals surface area contributed by atoms with Crippen molar-refractivity contribution < 1.29 is 9.47 Å². The molecule has 1 aromatic heterocycles. The number of aryl methyl sites for hydroxylation is 1. The number of nitrogens with zero attached hydrogens (tertiary/aromatic N) is 1. The Morgan fingerprint density at radius 1 is 1.07 bits per heavy atom. The third-order valence-corrected chi connectivity index (χ3v) is 2.48. The Morgan fingerprint density at radius 2 is 1.80 bits per heavy atom. The number of ether oxygens (including phenoxy) is 2. The highest BCUT2D eigenvalue weighted by Crippen LogP contribution is 2.34. The Kier molecular flexibility index (Phi) is 2.46. The van der Waals surface area contributed by atoms with Crippen LogP contribution in [0.1, 0.15) is 5.69 Å².